The van der Waals surface area contributed by atoms with Crippen LogP contribution in [-0.4, -0.2) is 105 Å². The summed E-state index contributed by atoms with van der Waals surface area (Å²) in [6.45, 7) is 5.19. The van der Waals surface area contributed by atoms with Gasteiger partial charge in [-0.2, -0.15) is 0 Å². The van der Waals surface area contributed by atoms with Crippen molar-refractivity contribution in [2.75, 3.05) is 26.4 Å². The molecule has 0 fully saturated rings. The second-order valence-electron chi connectivity index (χ2n) is 9.38. The quantitative estimate of drug-likeness (QED) is 0.135. The maximum Gasteiger partial charge on any atom is 0.351 e. The molecule has 0 aliphatic heterocycles. The van der Waals surface area contributed by atoms with Gasteiger partial charge in [-0.25, -0.2) is 4.79 Å². The Kier molecular flexibility index (Phi) is 19.3. The molecule has 0 spiro atoms. The van der Waals surface area contributed by atoms with Crippen molar-refractivity contribution in [3.8, 4) is 0 Å². The first-order valence-electron chi connectivity index (χ1n) is 13.5. The van der Waals surface area contributed by atoms with E-state index < -0.39 is 84.8 Å². The fraction of sp³-hybridized carbons (Fsp3) is 0.704. The lowest BCUT2D eigenvalue weighted by molar-refractivity contribution is -0.195. The molecule has 0 bridgehead atoms. The maximum absolute atomic E-state index is 12.9. The van der Waals surface area contributed by atoms with E-state index in [1.54, 1.807) is 0 Å². The van der Waals surface area contributed by atoms with E-state index in [0.717, 1.165) is 27.7 Å². The van der Waals surface area contributed by atoms with Crippen molar-refractivity contribution in [3.05, 3.63) is 0 Å². The monoisotopic (exact) mass is 635 g/mol. The lowest BCUT2D eigenvalue weighted by Gasteiger charge is -2.30. The number of ether oxygens (including phenoxy) is 8. The lowest BCUT2D eigenvalue weighted by Crippen LogP contribution is -2.50. The number of esters is 8. The van der Waals surface area contributed by atoms with Crippen LogP contribution in [0.2, 0.25) is 0 Å². The van der Waals surface area contributed by atoms with E-state index in [1.807, 2.05) is 0 Å². The van der Waals surface area contributed by atoms with Crippen LogP contribution in [0.1, 0.15) is 67.2 Å². The van der Waals surface area contributed by atoms with Crippen LogP contribution in [0, 0.1) is 0 Å². The SMILES string of the molecule is CC(=O)OCC[C@@H](OC(C)=O)[C@H](OC(C)=O)[C@@H](OC(C)=O)C(=O)OCC(N)COC(=O)CCC[C@@H](COC(C)=O)OC(C)=O. The highest BCUT2D eigenvalue weighted by atomic mass is 16.6. The van der Waals surface area contributed by atoms with Gasteiger partial charge in [-0.3, -0.25) is 33.6 Å². The molecule has 0 aliphatic carbocycles. The summed E-state index contributed by atoms with van der Waals surface area (Å²) < 4.78 is 40.2. The van der Waals surface area contributed by atoms with E-state index in [-0.39, 0.29) is 45.5 Å². The van der Waals surface area contributed by atoms with Gasteiger partial charge in [0.25, 0.3) is 0 Å². The van der Waals surface area contributed by atoms with E-state index in [9.17, 15) is 38.4 Å². The third-order valence-corrected chi connectivity index (χ3v) is 5.13. The molecule has 0 heterocycles. The Hall–Kier alpha value is -4.28. The topological polar surface area (TPSA) is 236 Å². The minimum atomic E-state index is -1.91. The Bertz CT molecular complexity index is 1010. The van der Waals surface area contributed by atoms with Crippen molar-refractivity contribution < 1.29 is 76.3 Å². The van der Waals surface area contributed by atoms with Gasteiger partial charge in [-0.05, 0) is 12.8 Å². The van der Waals surface area contributed by atoms with Crippen molar-refractivity contribution in [3.63, 3.8) is 0 Å². The molecule has 5 atom stereocenters. The molecule has 250 valence electrons. The first-order valence-corrected chi connectivity index (χ1v) is 13.5. The summed E-state index contributed by atoms with van der Waals surface area (Å²) in [6.07, 6.45) is -5.62. The molecule has 0 saturated heterocycles. The zero-order valence-electron chi connectivity index (χ0n) is 25.7. The Labute approximate surface area is 254 Å². The highest BCUT2D eigenvalue weighted by Crippen LogP contribution is 2.19. The molecule has 0 radical (unpaired) electrons. The first-order chi connectivity index (χ1) is 20.5. The van der Waals surface area contributed by atoms with Crippen molar-refractivity contribution in [1.29, 1.82) is 0 Å². The molecule has 0 aromatic carbocycles. The highest BCUT2D eigenvalue weighted by molar-refractivity contribution is 5.80. The minimum Gasteiger partial charge on any atom is -0.466 e. The van der Waals surface area contributed by atoms with E-state index >= 15 is 0 Å². The van der Waals surface area contributed by atoms with Crippen LogP contribution in [0.5, 0.6) is 0 Å². The molecule has 0 amide bonds. The Morgan fingerprint density at radius 3 is 1.64 bits per heavy atom. The van der Waals surface area contributed by atoms with Crippen molar-refractivity contribution in [2.45, 2.75) is 97.7 Å². The van der Waals surface area contributed by atoms with E-state index in [4.69, 9.17) is 43.6 Å². The smallest absolute Gasteiger partial charge is 0.351 e. The normalized spacial score (nSPS) is 13.9. The Balaban J connectivity index is 5.22. The first kappa shape index (κ1) is 39.7. The zero-order valence-corrected chi connectivity index (χ0v) is 25.7. The highest BCUT2D eigenvalue weighted by Gasteiger charge is 2.42. The van der Waals surface area contributed by atoms with Crippen LogP contribution >= 0.6 is 0 Å². The van der Waals surface area contributed by atoms with Gasteiger partial charge in [0, 0.05) is 54.4 Å². The number of carbonyl (C=O) groups excluding carboxylic acids is 8. The molecule has 0 aromatic heterocycles. The summed E-state index contributed by atoms with van der Waals surface area (Å²) in [5, 5.41) is 0. The summed E-state index contributed by atoms with van der Waals surface area (Å²) in [4.78, 5) is 93.7. The van der Waals surface area contributed by atoms with Gasteiger partial charge < -0.3 is 43.6 Å². The van der Waals surface area contributed by atoms with Crippen LogP contribution in [0.4, 0.5) is 0 Å². The molecule has 0 aromatic rings. The zero-order chi connectivity index (χ0) is 33.8. The van der Waals surface area contributed by atoms with Gasteiger partial charge in [0.05, 0.1) is 12.6 Å². The summed E-state index contributed by atoms with van der Waals surface area (Å²) >= 11 is 0. The molecular formula is C27H41NO16. The van der Waals surface area contributed by atoms with Gasteiger partial charge in [0.15, 0.2) is 6.10 Å². The summed E-state index contributed by atoms with van der Waals surface area (Å²) in [7, 11) is 0. The predicted molar refractivity (Wildman–Crippen MR) is 144 cm³/mol. The molecule has 17 heteroatoms. The van der Waals surface area contributed by atoms with E-state index in [0.29, 0.717) is 0 Å². The number of nitrogens with two attached hydrogens (primary N) is 1. The Morgan fingerprint density at radius 1 is 0.568 bits per heavy atom. The van der Waals surface area contributed by atoms with Crippen LogP contribution < -0.4 is 5.73 Å². The van der Waals surface area contributed by atoms with Crippen molar-refractivity contribution >= 4 is 47.8 Å². The lowest BCUT2D eigenvalue weighted by atomic mass is 10.0. The third kappa shape index (κ3) is 19.8. The summed E-state index contributed by atoms with van der Waals surface area (Å²) in [5.74, 6) is -6.38. The second kappa shape index (κ2) is 21.4. The number of carbonyl (C=O) groups is 8. The van der Waals surface area contributed by atoms with Gasteiger partial charge in [-0.15, -0.1) is 0 Å². The van der Waals surface area contributed by atoms with Crippen LogP contribution in [-0.2, 0) is 76.3 Å². The average Bonchev–Trinajstić information content (AvgIpc) is 2.89. The fourth-order valence-electron chi connectivity index (χ4n) is 3.46. The number of hydrogen-bond acceptors (Lipinski definition) is 17. The molecule has 0 saturated carbocycles. The predicted octanol–water partition coefficient (Wildman–Crippen LogP) is -0.186. The largest absolute Gasteiger partial charge is 0.466 e. The maximum atomic E-state index is 12.9. The average molecular weight is 636 g/mol. The van der Waals surface area contributed by atoms with Gasteiger partial charge in [-0.1, -0.05) is 0 Å². The molecule has 0 aliphatic rings. The van der Waals surface area contributed by atoms with Crippen LogP contribution in [0.25, 0.3) is 0 Å². The molecular weight excluding hydrogens is 594 g/mol. The third-order valence-electron chi connectivity index (χ3n) is 5.13. The molecule has 0 rings (SSSR count). The van der Waals surface area contributed by atoms with Crippen LogP contribution in [0.15, 0.2) is 0 Å². The van der Waals surface area contributed by atoms with Crippen molar-refractivity contribution in [2.24, 2.45) is 5.73 Å². The van der Waals surface area contributed by atoms with E-state index in [2.05, 4.69) is 0 Å². The van der Waals surface area contributed by atoms with Gasteiger partial charge in [0.2, 0.25) is 6.10 Å². The summed E-state index contributed by atoms with van der Waals surface area (Å²) in [6, 6.07) is -1.03. The number of hydrogen-bond donors (Lipinski definition) is 1. The van der Waals surface area contributed by atoms with E-state index in [1.165, 1.54) is 13.8 Å². The minimum absolute atomic E-state index is 0.0895. The Morgan fingerprint density at radius 2 is 1.11 bits per heavy atom. The standard InChI is InChI=1S/C27H41NO16/c1-15(29)37-11-10-23(42-18(4)32)25(43-19(5)33)26(44-20(6)34)27(36)40-13-21(28)12-39-24(35)9-7-8-22(41-17(3)31)14-38-16(2)30/h21-23,25-26H,7-14,28H2,1-6H3/t21?,22-,23+,25-,26+/m0/s1. The molecule has 17 nitrogen and oxygen atoms in total. The van der Waals surface area contributed by atoms with Crippen molar-refractivity contribution in [1.82, 2.24) is 0 Å². The molecule has 1 unspecified atom stereocenters. The van der Waals surface area contributed by atoms with Gasteiger partial charge >= 0.3 is 47.8 Å². The molecule has 44 heavy (non-hydrogen) atoms. The fourth-order valence-corrected chi connectivity index (χ4v) is 3.46. The number of rotatable bonds is 20. The summed E-state index contributed by atoms with van der Waals surface area (Å²) in [5.41, 5.74) is 5.88. The van der Waals surface area contributed by atoms with Gasteiger partial charge in [0.1, 0.15) is 32.0 Å². The molecule has 2 N–H and O–H groups in total. The van der Waals surface area contributed by atoms with Crippen LogP contribution in [0.3, 0.4) is 0 Å². The second-order valence-corrected chi connectivity index (χ2v) is 9.38.